The normalized spacial score (nSPS) is 15.3. The lowest BCUT2D eigenvalue weighted by atomic mass is 10.1. The van der Waals surface area contributed by atoms with Crippen LogP contribution in [0.3, 0.4) is 0 Å². The molecule has 4 aromatic rings. The highest BCUT2D eigenvalue weighted by molar-refractivity contribution is 6.34. The third-order valence-electron chi connectivity index (χ3n) is 8.36. The third-order valence-corrected chi connectivity index (χ3v) is 9.04. The number of aromatic nitrogens is 3. The summed E-state index contributed by atoms with van der Waals surface area (Å²) in [4.78, 5) is 38.0. The molecular weight excluding hydrogens is 717 g/mol. The molecule has 2 N–H and O–H groups in total. The average Bonchev–Trinajstić information content (AvgIpc) is 3.79. The molecule has 0 radical (unpaired) electrons. The number of aliphatic carboxylic acids is 1. The number of halogens is 6. The molecule has 11 nitrogen and oxygen atoms in total. The van der Waals surface area contributed by atoms with Gasteiger partial charge in [0.25, 0.3) is 5.91 Å². The molecular formula is C34H33Cl2F4N7O4. The second kappa shape index (κ2) is 16.6. The lowest BCUT2D eigenvalue weighted by Crippen LogP contribution is -2.50. The van der Waals surface area contributed by atoms with Gasteiger partial charge in [-0.3, -0.25) is 14.1 Å². The van der Waals surface area contributed by atoms with E-state index in [-0.39, 0.29) is 23.3 Å². The Labute approximate surface area is 300 Å². The summed E-state index contributed by atoms with van der Waals surface area (Å²) in [6.07, 6.45) is 7.62. The van der Waals surface area contributed by atoms with Gasteiger partial charge in [0.1, 0.15) is 6.61 Å². The van der Waals surface area contributed by atoms with Crippen LogP contribution in [0.2, 0.25) is 10.0 Å². The number of anilines is 2. The fourth-order valence-corrected chi connectivity index (χ4v) is 6.22. The lowest BCUT2D eigenvalue weighted by molar-refractivity contribution is -0.192. The molecule has 17 heteroatoms. The molecule has 0 unspecified atom stereocenters. The maximum Gasteiger partial charge on any atom is 0.490 e. The van der Waals surface area contributed by atoms with Gasteiger partial charge < -0.3 is 25.0 Å². The number of nitrogens with zero attached hydrogens (tertiary/aromatic N) is 6. The molecule has 2 saturated heterocycles. The number of carboxylic acids is 1. The molecule has 0 bridgehead atoms. The van der Waals surface area contributed by atoms with Gasteiger partial charge in [-0.1, -0.05) is 29.1 Å². The maximum absolute atomic E-state index is 14.9. The number of hydrogen-bond donors (Lipinski definition) is 2. The molecule has 2 fully saturated rings. The third kappa shape index (κ3) is 9.19. The van der Waals surface area contributed by atoms with Gasteiger partial charge in [-0.25, -0.2) is 19.2 Å². The summed E-state index contributed by atoms with van der Waals surface area (Å²) in [5, 5.41) is 10.6. The summed E-state index contributed by atoms with van der Waals surface area (Å²) in [6.45, 7) is 7.55. The van der Waals surface area contributed by atoms with Crippen LogP contribution < -0.4 is 10.1 Å². The number of amides is 1. The number of carboxylic acid groups (broad SMARTS) is 1. The molecule has 0 atom stereocenters. The summed E-state index contributed by atoms with van der Waals surface area (Å²) < 4.78 is 53.6. The Balaban J connectivity index is 0.000000654. The highest BCUT2D eigenvalue weighted by Crippen LogP contribution is 2.36. The second-order valence-corrected chi connectivity index (χ2v) is 12.4. The number of alkyl halides is 3. The number of carbonyl (C=O) groups is 2. The highest BCUT2D eigenvalue weighted by atomic mass is 35.5. The second-order valence-electron chi connectivity index (χ2n) is 11.7. The number of benzene rings is 2. The first-order chi connectivity index (χ1) is 24.4. The van der Waals surface area contributed by atoms with Crippen molar-refractivity contribution in [2.24, 2.45) is 0 Å². The van der Waals surface area contributed by atoms with Crippen LogP contribution in [0.5, 0.6) is 5.75 Å². The fourth-order valence-electron chi connectivity index (χ4n) is 5.70. The largest absolute Gasteiger partial charge is 0.490 e. The van der Waals surface area contributed by atoms with E-state index >= 15 is 0 Å². The first kappa shape index (κ1) is 37.6. The van der Waals surface area contributed by atoms with E-state index in [1.165, 1.54) is 32.0 Å². The van der Waals surface area contributed by atoms with Gasteiger partial charge in [0.15, 0.2) is 23.0 Å². The molecule has 2 aromatic carbocycles. The molecule has 270 valence electrons. The molecule has 0 aliphatic carbocycles. The van der Waals surface area contributed by atoms with Gasteiger partial charge in [0.2, 0.25) is 0 Å². The number of rotatable bonds is 9. The smallest absolute Gasteiger partial charge is 0.478 e. The standard InChI is InChI=1S/C32H32Cl2FN7O2.C2HF3O2/c1-2-19-44-27-8-7-24(28(34)29(27)35)26-21-37-31-30(36-9-12-42(26)31)38-22-5-6-23(25(33)20-22)32(43)41-17-15-40(16-18-41)14-13-39-10-3-4-11-39;3-2(4,5)1(6)7/h1,5-9,12,20-21H,3-4,10-11,13-19H2,(H,36,38);(H,6,7). The van der Waals surface area contributed by atoms with Crippen molar-refractivity contribution in [2.75, 3.05) is 64.3 Å². The van der Waals surface area contributed by atoms with E-state index in [4.69, 9.17) is 44.3 Å². The molecule has 0 saturated carbocycles. The van der Waals surface area contributed by atoms with Crippen LogP contribution in [-0.4, -0.2) is 111 Å². The van der Waals surface area contributed by atoms with Crippen molar-refractivity contribution in [2.45, 2.75) is 19.0 Å². The number of carbonyl (C=O) groups excluding carboxylic acids is 1. The van der Waals surface area contributed by atoms with Crippen LogP contribution in [0, 0.1) is 18.2 Å². The van der Waals surface area contributed by atoms with E-state index in [0.29, 0.717) is 52.1 Å². The van der Waals surface area contributed by atoms with Gasteiger partial charge in [0.05, 0.1) is 27.5 Å². The van der Waals surface area contributed by atoms with Crippen LogP contribution in [-0.2, 0) is 4.79 Å². The molecule has 1 amide bonds. The van der Waals surface area contributed by atoms with Crippen molar-refractivity contribution >= 4 is 52.2 Å². The number of piperazine rings is 1. The Bertz CT molecular complexity index is 1920. The van der Waals surface area contributed by atoms with Crippen molar-refractivity contribution in [3.05, 3.63) is 70.3 Å². The van der Waals surface area contributed by atoms with Gasteiger partial charge in [0, 0.05) is 62.9 Å². The molecule has 2 aliphatic heterocycles. The Hall–Kier alpha value is -4.62. The summed E-state index contributed by atoms with van der Waals surface area (Å²) in [7, 11) is 0. The van der Waals surface area contributed by atoms with Crippen molar-refractivity contribution in [1.82, 2.24) is 29.1 Å². The lowest BCUT2D eigenvalue weighted by Gasteiger charge is -2.35. The number of hydrogen-bond acceptors (Lipinski definition) is 8. The van der Waals surface area contributed by atoms with Crippen LogP contribution in [0.25, 0.3) is 16.9 Å². The quantitative estimate of drug-likeness (QED) is 0.155. The van der Waals surface area contributed by atoms with E-state index in [1.54, 1.807) is 47.3 Å². The van der Waals surface area contributed by atoms with Crippen LogP contribution >= 0.6 is 23.2 Å². The topological polar surface area (TPSA) is 116 Å². The Morgan fingerprint density at radius 2 is 1.67 bits per heavy atom. The Morgan fingerprint density at radius 3 is 2.29 bits per heavy atom. The highest BCUT2D eigenvalue weighted by Gasteiger charge is 2.38. The van der Waals surface area contributed by atoms with Crippen molar-refractivity contribution in [3.8, 4) is 29.4 Å². The summed E-state index contributed by atoms with van der Waals surface area (Å²) in [5.41, 5.74) is 2.59. The van der Waals surface area contributed by atoms with Gasteiger partial charge in [-0.2, -0.15) is 13.2 Å². The monoisotopic (exact) mass is 749 g/mol. The first-order valence-corrected chi connectivity index (χ1v) is 16.6. The van der Waals surface area contributed by atoms with Crippen LogP contribution in [0.4, 0.5) is 29.1 Å². The Kier molecular flexibility index (Phi) is 12.2. The van der Waals surface area contributed by atoms with E-state index in [9.17, 15) is 22.4 Å². The number of imidazole rings is 1. The van der Waals surface area contributed by atoms with Gasteiger partial charge in [-0.05, 0) is 56.3 Å². The number of likely N-dealkylation sites (tertiary alicyclic amines) is 1. The number of ether oxygens (including phenoxy) is 1. The van der Waals surface area contributed by atoms with E-state index in [0.717, 1.165) is 26.2 Å². The Morgan fingerprint density at radius 1 is 1.00 bits per heavy atom. The number of nitrogens with one attached hydrogen (secondary N) is 1. The first-order valence-electron chi connectivity index (χ1n) is 15.8. The summed E-state index contributed by atoms with van der Waals surface area (Å²) in [5.74, 6) is -0.802. The predicted octanol–water partition coefficient (Wildman–Crippen LogP) is 6.08. The molecule has 6 rings (SSSR count). The SMILES string of the molecule is C#CCOc1ccc(-c2cnc3c(Nc4ccc(C(=O)N5CCN(CCN6CCCC6)CC5)c(Cl)c4)nccn23)c(Cl)c1F.O=C(O)C(F)(F)F. The minimum Gasteiger partial charge on any atom is -0.478 e. The average molecular weight is 751 g/mol. The molecule has 0 spiro atoms. The molecule has 4 heterocycles. The van der Waals surface area contributed by atoms with E-state index in [2.05, 4.69) is 31.0 Å². The number of terminal acetylenes is 1. The zero-order valence-corrected chi connectivity index (χ0v) is 28.6. The van der Waals surface area contributed by atoms with E-state index < -0.39 is 18.0 Å². The van der Waals surface area contributed by atoms with E-state index in [1.807, 2.05) is 4.90 Å². The molecule has 2 aliphatic rings. The summed E-state index contributed by atoms with van der Waals surface area (Å²) >= 11 is 13.0. The zero-order chi connectivity index (χ0) is 36.7. The molecule has 2 aromatic heterocycles. The minimum absolute atomic E-state index is 0.0245. The molecule has 51 heavy (non-hydrogen) atoms. The fraction of sp³-hybridized carbons (Fsp3) is 0.353. The van der Waals surface area contributed by atoms with Crippen molar-refractivity contribution < 1.29 is 37.0 Å². The zero-order valence-electron chi connectivity index (χ0n) is 27.1. The summed E-state index contributed by atoms with van der Waals surface area (Å²) in [6, 6.07) is 8.36. The van der Waals surface area contributed by atoms with Crippen LogP contribution in [0.1, 0.15) is 23.2 Å². The van der Waals surface area contributed by atoms with Crippen molar-refractivity contribution in [3.63, 3.8) is 0 Å². The van der Waals surface area contributed by atoms with Gasteiger partial charge >= 0.3 is 12.1 Å². The maximum atomic E-state index is 14.9. The van der Waals surface area contributed by atoms with Crippen molar-refractivity contribution in [1.29, 1.82) is 0 Å². The van der Waals surface area contributed by atoms with Crippen LogP contribution in [0.15, 0.2) is 48.9 Å². The predicted molar refractivity (Wildman–Crippen MR) is 184 cm³/mol. The minimum atomic E-state index is -5.08. The van der Waals surface area contributed by atoms with Gasteiger partial charge in [-0.15, -0.1) is 6.42 Å². The number of fused-ring (bicyclic) bond motifs is 1.